The number of allylic oxidation sites excluding steroid dienone is 3. The van der Waals surface area contributed by atoms with Crippen molar-refractivity contribution < 1.29 is 32.6 Å². The summed E-state index contributed by atoms with van der Waals surface area (Å²) in [5, 5.41) is 4.99. The predicted molar refractivity (Wildman–Crippen MR) is 162 cm³/mol. The number of ether oxygens (including phenoxy) is 3. The number of carbonyl (C=O) groups excluding carboxylic acids is 2. The van der Waals surface area contributed by atoms with Gasteiger partial charge in [0.05, 0.1) is 24.9 Å². The number of halogens is 3. The number of rotatable bonds is 10. The molecule has 4 rings (SSSR count). The third-order valence-corrected chi connectivity index (χ3v) is 6.65. The Bertz CT molecular complexity index is 1560. The first-order valence-corrected chi connectivity index (χ1v) is 14.0. The second-order valence-electron chi connectivity index (χ2n) is 9.00. The van der Waals surface area contributed by atoms with Crippen LogP contribution >= 0.6 is 11.6 Å². The van der Waals surface area contributed by atoms with E-state index in [2.05, 4.69) is 16.4 Å². The summed E-state index contributed by atoms with van der Waals surface area (Å²) < 4.78 is 46.9. The van der Waals surface area contributed by atoms with Gasteiger partial charge in [-0.15, -0.1) is 0 Å². The van der Waals surface area contributed by atoms with Crippen LogP contribution in [0.4, 0.5) is 8.78 Å². The average Bonchev–Trinajstić information content (AvgIpc) is 3.37. The minimum Gasteiger partial charge on any atom is -0.489 e. The molecule has 0 saturated heterocycles. The molecule has 8 nitrogen and oxygen atoms in total. The second kappa shape index (κ2) is 15.2. The maximum Gasteiger partial charge on any atom is 0.337 e. The summed E-state index contributed by atoms with van der Waals surface area (Å²) in [6.07, 6.45) is 4.17. The number of benzene rings is 2. The first-order valence-electron chi connectivity index (χ1n) is 13.6. The van der Waals surface area contributed by atoms with E-state index in [9.17, 15) is 18.4 Å². The SMILES string of the molecule is C=C/C=C(CN(CCOc1ccc(C(=O)OC)cc1F)C(=O)c1nn(C)c2c1COc1ccc(Cl)cc1-2)\C(F)=C/C.CC. The van der Waals surface area contributed by atoms with Crippen LogP contribution in [0, 0.1) is 5.82 Å². The lowest BCUT2D eigenvalue weighted by Gasteiger charge is -2.24. The van der Waals surface area contributed by atoms with Crippen LogP contribution in [-0.2, 0) is 18.4 Å². The van der Waals surface area contributed by atoms with E-state index in [1.165, 1.54) is 49.3 Å². The quantitative estimate of drug-likeness (QED) is 0.179. The smallest absolute Gasteiger partial charge is 0.337 e. The van der Waals surface area contributed by atoms with Crippen LogP contribution < -0.4 is 9.47 Å². The Labute approximate surface area is 254 Å². The molecule has 2 aromatic carbocycles. The maximum absolute atomic E-state index is 14.7. The Morgan fingerprint density at radius 2 is 1.98 bits per heavy atom. The lowest BCUT2D eigenvalue weighted by atomic mass is 10.0. The van der Waals surface area contributed by atoms with E-state index >= 15 is 0 Å². The molecule has 0 atom stereocenters. The van der Waals surface area contributed by atoms with E-state index in [4.69, 9.17) is 21.1 Å². The van der Waals surface area contributed by atoms with Crippen molar-refractivity contribution in [1.29, 1.82) is 0 Å². The molecular weight excluding hydrogens is 580 g/mol. The van der Waals surface area contributed by atoms with Crippen molar-refractivity contribution in [2.24, 2.45) is 7.05 Å². The van der Waals surface area contributed by atoms with Gasteiger partial charge in [-0.3, -0.25) is 9.48 Å². The van der Waals surface area contributed by atoms with Crippen molar-refractivity contribution in [1.82, 2.24) is 14.7 Å². The summed E-state index contributed by atoms with van der Waals surface area (Å²) in [6.45, 7) is 8.96. The van der Waals surface area contributed by atoms with E-state index in [-0.39, 0.29) is 48.9 Å². The lowest BCUT2D eigenvalue weighted by molar-refractivity contribution is 0.0599. The van der Waals surface area contributed by atoms with Gasteiger partial charge >= 0.3 is 5.97 Å². The molecule has 0 radical (unpaired) electrons. The Kier molecular flexibility index (Phi) is 11.7. The summed E-state index contributed by atoms with van der Waals surface area (Å²) in [5.41, 5.74) is 2.30. The van der Waals surface area contributed by atoms with Gasteiger partial charge in [-0.05, 0) is 43.3 Å². The summed E-state index contributed by atoms with van der Waals surface area (Å²) >= 11 is 6.22. The number of amides is 1. The fourth-order valence-corrected chi connectivity index (χ4v) is 4.62. The molecule has 1 aromatic heterocycles. The molecule has 0 N–H and O–H groups in total. The van der Waals surface area contributed by atoms with Crippen molar-refractivity contribution in [3.63, 3.8) is 0 Å². The third-order valence-electron chi connectivity index (χ3n) is 6.42. The third kappa shape index (κ3) is 7.50. The monoisotopic (exact) mass is 613 g/mol. The maximum atomic E-state index is 14.7. The summed E-state index contributed by atoms with van der Waals surface area (Å²) in [5.74, 6) is -1.99. The molecule has 0 fully saturated rings. The highest BCUT2D eigenvalue weighted by Gasteiger charge is 2.31. The van der Waals surface area contributed by atoms with Crippen LogP contribution in [0.1, 0.15) is 47.2 Å². The Morgan fingerprint density at radius 3 is 2.63 bits per heavy atom. The van der Waals surface area contributed by atoms with Gasteiger partial charge in [0.1, 0.15) is 24.8 Å². The van der Waals surface area contributed by atoms with Gasteiger partial charge in [0.25, 0.3) is 5.91 Å². The van der Waals surface area contributed by atoms with Gasteiger partial charge in [-0.1, -0.05) is 50.3 Å². The zero-order valence-electron chi connectivity index (χ0n) is 24.7. The average molecular weight is 614 g/mol. The number of nitrogens with zero attached hydrogens (tertiary/aromatic N) is 3. The number of fused-ring (bicyclic) bond motifs is 3. The summed E-state index contributed by atoms with van der Waals surface area (Å²) in [7, 11) is 2.91. The van der Waals surface area contributed by atoms with Crippen molar-refractivity contribution >= 4 is 23.5 Å². The molecule has 0 aliphatic carbocycles. The van der Waals surface area contributed by atoms with E-state index in [0.29, 0.717) is 27.6 Å². The number of methoxy groups -OCH3 is 1. The van der Waals surface area contributed by atoms with Crippen molar-refractivity contribution in [2.45, 2.75) is 27.4 Å². The number of hydrogen-bond donors (Lipinski definition) is 0. The topological polar surface area (TPSA) is 82.9 Å². The van der Waals surface area contributed by atoms with Gasteiger partial charge in [0.15, 0.2) is 17.3 Å². The Morgan fingerprint density at radius 1 is 1.23 bits per heavy atom. The number of esters is 1. The molecule has 11 heteroatoms. The highest BCUT2D eigenvalue weighted by molar-refractivity contribution is 6.31. The highest BCUT2D eigenvalue weighted by atomic mass is 35.5. The summed E-state index contributed by atoms with van der Waals surface area (Å²) in [4.78, 5) is 26.9. The fourth-order valence-electron chi connectivity index (χ4n) is 4.45. The first kappa shape index (κ1) is 33.1. The number of aryl methyl sites for hydroxylation is 1. The molecular formula is C32H34ClF2N3O5. The van der Waals surface area contributed by atoms with E-state index in [0.717, 1.165) is 6.07 Å². The molecule has 1 aliphatic heterocycles. The van der Waals surface area contributed by atoms with Crippen molar-refractivity contribution in [2.75, 3.05) is 26.8 Å². The van der Waals surface area contributed by atoms with Crippen molar-refractivity contribution in [3.8, 4) is 22.8 Å². The first-order chi connectivity index (χ1) is 20.7. The van der Waals surface area contributed by atoms with Gasteiger partial charge in [-0.25, -0.2) is 13.6 Å². The number of aromatic nitrogens is 2. The van der Waals surface area contributed by atoms with Gasteiger partial charge in [0.2, 0.25) is 0 Å². The zero-order valence-corrected chi connectivity index (χ0v) is 25.5. The van der Waals surface area contributed by atoms with Gasteiger partial charge < -0.3 is 19.1 Å². The van der Waals surface area contributed by atoms with Crippen LogP contribution in [0.25, 0.3) is 11.3 Å². The summed E-state index contributed by atoms with van der Waals surface area (Å²) in [6, 6.07) is 8.87. The molecule has 1 aliphatic rings. The van der Waals surface area contributed by atoms with Crippen LogP contribution in [0.3, 0.4) is 0 Å². The molecule has 0 saturated carbocycles. The Balaban J connectivity index is 0.00000248. The van der Waals surface area contributed by atoms with E-state index < -0.39 is 23.5 Å². The standard InChI is InChI=1S/C30H28ClF2N3O5.C2H6/c1-5-7-19(23(32)6-2)16-36(12-13-40-26-10-8-18(14-24(26)33)30(38)39-4)29(37)27-22-17-41-25-11-9-20(31)15-21(25)28(22)35(3)34-27;1-2/h5-11,14-15H,1,12-13,16-17H2,2-4H3;1-2H3/b19-7-,23-6+;. The number of hydrogen-bond acceptors (Lipinski definition) is 6. The number of carbonyl (C=O) groups is 2. The van der Waals surface area contributed by atoms with Crippen LogP contribution in [0.5, 0.6) is 11.5 Å². The van der Waals surface area contributed by atoms with Crippen LogP contribution in [0.15, 0.2) is 72.6 Å². The zero-order chi connectivity index (χ0) is 31.7. The molecule has 0 spiro atoms. The molecule has 228 valence electrons. The predicted octanol–water partition coefficient (Wildman–Crippen LogP) is 7.09. The van der Waals surface area contributed by atoms with Gasteiger partial charge in [-0.2, -0.15) is 5.10 Å². The van der Waals surface area contributed by atoms with Crippen molar-refractivity contribution in [3.05, 3.63) is 100 Å². The molecule has 0 bridgehead atoms. The molecule has 2 heterocycles. The molecule has 1 amide bonds. The van der Waals surface area contributed by atoms with Crippen LogP contribution in [0.2, 0.25) is 5.02 Å². The second-order valence-corrected chi connectivity index (χ2v) is 9.44. The largest absolute Gasteiger partial charge is 0.489 e. The minimum absolute atomic E-state index is 0.0280. The minimum atomic E-state index is -0.772. The lowest BCUT2D eigenvalue weighted by Crippen LogP contribution is -2.37. The molecule has 43 heavy (non-hydrogen) atoms. The fraction of sp³-hybridized carbons (Fsp3) is 0.281. The molecule has 3 aromatic rings. The highest BCUT2D eigenvalue weighted by Crippen LogP contribution is 2.40. The molecule has 0 unspecified atom stereocenters. The van der Waals surface area contributed by atoms with Gasteiger partial charge in [0, 0.05) is 35.3 Å². The van der Waals surface area contributed by atoms with E-state index in [1.807, 2.05) is 13.8 Å². The Hall–Kier alpha value is -4.44. The normalized spacial score (nSPS) is 12.2. The van der Waals surface area contributed by atoms with E-state index in [1.54, 1.807) is 29.9 Å². The van der Waals surface area contributed by atoms with Crippen LogP contribution in [-0.4, -0.2) is 53.4 Å².